The Kier molecular flexibility index (Phi) is 5.04. The zero-order valence-corrected chi connectivity index (χ0v) is 15.7. The first-order chi connectivity index (χ1) is 12.7. The molecule has 0 aromatic heterocycles. The maximum Gasteiger partial charge on any atom is 0.408 e. The fourth-order valence-corrected chi connectivity index (χ4v) is 3.27. The average molecular weight is 365 g/mol. The van der Waals surface area contributed by atoms with Crippen LogP contribution in [0.25, 0.3) is 21.5 Å². The molecule has 0 spiro atoms. The molecule has 2 N–H and O–H groups in total. The van der Waals surface area contributed by atoms with E-state index in [1.54, 1.807) is 20.8 Å². The lowest BCUT2D eigenvalue weighted by atomic mass is 9.91. The number of carbonyl (C=O) groups is 2. The molecule has 0 aliphatic rings. The van der Waals surface area contributed by atoms with Crippen LogP contribution < -0.4 is 5.32 Å². The lowest BCUT2D eigenvalue weighted by Crippen LogP contribution is -2.36. The van der Waals surface area contributed by atoms with Crippen LogP contribution in [0, 0.1) is 0 Å². The van der Waals surface area contributed by atoms with Crippen molar-refractivity contribution < 1.29 is 19.4 Å². The Bertz CT molecular complexity index is 950. The summed E-state index contributed by atoms with van der Waals surface area (Å²) in [5, 5.41) is 16.0. The number of hydrogen-bond acceptors (Lipinski definition) is 3. The molecule has 1 amide bonds. The molecule has 27 heavy (non-hydrogen) atoms. The molecule has 5 nitrogen and oxygen atoms in total. The first-order valence-corrected chi connectivity index (χ1v) is 8.86. The second-order valence-corrected chi connectivity index (χ2v) is 7.53. The van der Waals surface area contributed by atoms with Crippen molar-refractivity contribution >= 4 is 33.6 Å². The Labute approximate surface area is 157 Å². The van der Waals surface area contributed by atoms with E-state index < -0.39 is 23.7 Å². The molecule has 0 aliphatic carbocycles. The molecule has 1 atom stereocenters. The predicted molar refractivity (Wildman–Crippen MR) is 106 cm³/mol. The van der Waals surface area contributed by atoms with Crippen LogP contribution in [-0.2, 0) is 9.53 Å². The largest absolute Gasteiger partial charge is 0.481 e. The van der Waals surface area contributed by atoms with E-state index in [9.17, 15) is 14.7 Å². The number of rotatable bonds is 4. The van der Waals surface area contributed by atoms with Crippen molar-refractivity contribution in [3.8, 4) is 0 Å². The fourth-order valence-electron chi connectivity index (χ4n) is 3.27. The van der Waals surface area contributed by atoms with E-state index in [2.05, 4.69) is 11.4 Å². The number of carboxylic acids is 1. The van der Waals surface area contributed by atoms with Gasteiger partial charge in [-0.05, 0) is 53.9 Å². The van der Waals surface area contributed by atoms with E-state index in [4.69, 9.17) is 4.74 Å². The quantitative estimate of drug-likeness (QED) is 0.636. The third kappa shape index (κ3) is 4.37. The lowest BCUT2D eigenvalue weighted by Gasteiger charge is -2.25. The summed E-state index contributed by atoms with van der Waals surface area (Å²) in [5.41, 5.74) is 0.121. The van der Waals surface area contributed by atoms with Gasteiger partial charge in [-0.15, -0.1) is 0 Å². The molecule has 0 radical (unpaired) electrons. The van der Waals surface area contributed by atoms with E-state index in [1.807, 2.05) is 48.5 Å². The van der Waals surface area contributed by atoms with Crippen molar-refractivity contribution in [1.29, 1.82) is 0 Å². The molecule has 0 saturated carbocycles. The number of amides is 1. The molecule has 0 fully saturated rings. The van der Waals surface area contributed by atoms with Gasteiger partial charge in [0.2, 0.25) is 0 Å². The van der Waals surface area contributed by atoms with Gasteiger partial charge in [0.15, 0.2) is 0 Å². The third-order valence-corrected chi connectivity index (χ3v) is 4.23. The Hall–Kier alpha value is -3.08. The van der Waals surface area contributed by atoms with Crippen LogP contribution in [0.2, 0.25) is 0 Å². The number of carboxylic acid groups (broad SMARTS) is 1. The van der Waals surface area contributed by atoms with Gasteiger partial charge >= 0.3 is 12.1 Å². The summed E-state index contributed by atoms with van der Waals surface area (Å²) in [6.45, 7) is 5.31. The van der Waals surface area contributed by atoms with E-state index in [0.29, 0.717) is 0 Å². The highest BCUT2D eigenvalue weighted by Crippen LogP contribution is 2.34. The minimum absolute atomic E-state index is 0.239. The number of nitrogens with one attached hydrogen (secondary N) is 1. The summed E-state index contributed by atoms with van der Waals surface area (Å²) in [6.07, 6.45) is -0.872. The number of alkyl carbamates (subject to hydrolysis) is 1. The van der Waals surface area contributed by atoms with Gasteiger partial charge in [0, 0.05) is 0 Å². The number of fused-ring (bicyclic) bond motifs is 2. The molecule has 140 valence electrons. The van der Waals surface area contributed by atoms with Gasteiger partial charge in [-0.2, -0.15) is 0 Å². The Morgan fingerprint density at radius 1 is 1.00 bits per heavy atom. The minimum Gasteiger partial charge on any atom is -0.481 e. The van der Waals surface area contributed by atoms with E-state index in [0.717, 1.165) is 27.1 Å². The summed E-state index contributed by atoms with van der Waals surface area (Å²) in [7, 11) is 0. The molecule has 3 aromatic carbocycles. The summed E-state index contributed by atoms with van der Waals surface area (Å²) in [5.74, 6) is -0.993. The third-order valence-electron chi connectivity index (χ3n) is 4.23. The second-order valence-electron chi connectivity index (χ2n) is 7.53. The van der Waals surface area contributed by atoms with E-state index >= 15 is 0 Å². The number of ether oxygens (including phenoxy) is 1. The number of carbonyl (C=O) groups excluding carboxylic acids is 1. The lowest BCUT2D eigenvalue weighted by molar-refractivity contribution is -0.137. The normalized spacial score (nSPS) is 12.7. The molecular weight excluding hydrogens is 342 g/mol. The van der Waals surface area contributed by atoms with Gasteiger partial charge in [0.05, 0.1) is 12.5 Å². The van der Waals surface area contributed by atoms with Crippen LogP contribution in [0.4, 0.5) is 4.79 Å². The maximum atomic E-state index is 12.4. The van der Waals surface area contributed by atoms with Crippen LogP contribution >= 0.6 is 0 Å². The van der Waals surface area contributed by atoms with Crippen molar-refractivity contribution in [2.75, 3.05) is 0 Å². The van der Waals surface area contributed by atoms with Crippen LogP contribution in [0.3, 0.4) is 0 Å². The monoisotopic (exact) mass is 365 g/mol. The van der Waals surface area contributed by atoms with Gasteiger partial charge in [-0.25, -0.2) is 4.79 Å². The number of benzene rings is 3. The molecule has 0 heterocycles. The highest BCUT2D eigenvalue weighted by atomic mass is 16.6. The maximum absolute atomic E-state index is 12.4. The standard InChI is InChI=1S/C22H23NO4/c1-22(2,3)27-21(26)23-18(13-19(24)25)20-16-10-6-4-8-14(16)12-15-9-5-7-11-17(15)20/h4-12,18H,13H2,1-3H3,(H,23,26)(H,24,25)/t18-/m0/s1. The van der Waals surface area contributed by atoms with Crippen molar-refractivity contribution in [2.45, 2.75) is 38.8 Å². The van der Waals surface area contributed by atoms with E-state index in [-0.39, 0.29) is 6.42 Å². The van der Waals surface area contributed by atoms with Crippen molar-refractivity contribution in [2.24, 2.45) is 0 Å². The van der Waals surface area contributed by atoms with E-state index in [1.165, 1.54) is 0 Å². The Morgan fingerprint density at radius 3 is 2.00 bits per heavy atom. The van der Waals surface area contributed by atoms with Gasteiger partial charge in [0.25, 0.3) is 0 Å². The highest BCUT2D eigenvalue weighted by Gasteiger charge is 2.25. The number of aliphatic carboxylic acids is 1. The molecule has 0 aliphatic heterocycles. The van der Waals surface area contributed by atoms with Crippen molar-refractivity contribution in [1.82, 2.24) is 5.32 Å². The zero-order valence-electron chi connectivity index (χ0n) is 15.7. The topological polar surface area (TPSA) is 75.6 Å². The molecular formula is C22H23NO4. The SMILES string of the molecule is CC(C)(C)OC(=O)N[C@@H](CC(=O)O)c1c2ccccc2cc2ccccc12. The first-order valence-electron chi connectivity index (χ1n) is 8.86. The highest BCUT2D eigenvalue weighted by molar-refractivity contribution is 6.03. The van der Waals surface area contributed by atoms with Gasteiger partial charge in [0.1, 0.15) is 5.60 Å². The van der Waals surface area contributed by atoms with Gasteiger partial charge in [-0.3, -0.25) is 4.79 Å². The smallest absolute Gasteiger partial charge is 0.408 e. The van der Waals surface area contributed by atoms with Crippen molar-refractivity contribution in [3.05, 3.63) is 60.2 Å². The molecule has 0 unspecified atom stereocenters. The average Bonchev–Trinajstić information content (AvgIpc) is 2.57. The summed E-state index contributed by atoms with van der Waals surface area (Å²) >= 11 is 0. The molecule has 5 heteroatoms. The molecule has 0 bridgehead atoms. The van der Waals surface area contributed by atoms with Crippen LogP contribution in [-0.4, -0.2) is 22.8 Å². The Balaban J connectivity index is 2.16. The first kappa shape index (κ1) is 18.7. The van der Waals surface area contributed by atoms with Crippen LogP contribution in [0.15, 0.2) is 54.6 Å². The molecule has 3 rings (SSSR count). The zero-order chi connectivity index (χ0) is 19.6. The summed E-state index contributed by atoms with van der Waals surface area (Å²) < 4.78 is 5.35. The van der Waals surface area contributed by atoms with Gasteiger partial charge < -0.3 is 15.2 Å². The molecule has 0 saturated heterocycles. The second kappa shape index (κ2) is 7.27. The summed E-state index contributed by atoms with van der Waals surface area (Å²) in [4.78, 5) is 23.9. The van der Waals surface area contributed by atoms with Crippen LogP contribution in [0.1, 0.15) is 38.8 Å². The Morgan fingerprint density at radius 2 is 1.52 bits per heavy atom. The van der Waals surface area contributed by atoms with Crippen molar-refractivity contribution in [3.63, 3.8) is 0 Å². The van der Waals surface area contributed by atoms with Crippen LogP contribution in [0.5, 0.6) is 0 Å². The van der Waals surface area contributed by atoms with Gasteiger partial charge in [-0.1, -0.05) is 48.5 Å². The fraction of sp³-hybridized carbons (Fsp3) is 0.273. The predicted octanol–water partition coefficient (Wildman–Crippen LogP) is 5.03. The minimum atomic E-state index is -0.993. The number of hydrogen-bond donors (Lipinski definition) is 2. The molecule has 3 aromatic rings. The summed E-state index contributed by atoms with van der Waals surface area (Å²) in [6, 6.07) is 16.9.